The van der Waals surface area contributed by atoms with Crippen LogP contribution in [0.1, 0.15) is 34.1 Å². The van der Waals surface area contributed by atoms with Crippen LogP contribution in [0.2, 0.25) is 0 Å². The van der Waals surface area contributed by atoms with Crippen molar-refractivity contribution in [3.63, 3.8) is 0 Å². The van der Waals surface area contributed by atoms with E-state index in [1.54, 1.807) is 7.11 Å². The van der Waals surface area contributed by atoms with E-state index in [0.717, 1.165) is 12.0 Å². The van der Waals surface area contributed by atoms with Crippen molar-refractivity contribution in [2.75, 3.05) is 7.11 Å². The number of esters is 1. The molecule has 0 N–H and O–H groups in total. The average molecular weight is 254 g/mol. The van der Waals surface area contributed by atoms with Crippen LogP contribution < -0.4 is 0 Å². The zero-order valence-corrected chi connectivity index (χ0v) is 11.7. The summed E-state index contributed by atoms with van der Waals surface area (Å²) in [6, 6.07) is 0. The summed E-state index contributed by atoms with van der Waals surface area (Å²) in [6.45, 7) is 7.92. The first-order chi connectivity index (χ1) is 8.37. The molecule has 5 atom stereocenters. The molecule has 0 aromatic carbocycles. The topological polar surface area (TPSA) is 48.1 Å². The first-order valence-electron chi connectivity index (χ1n) is 6.48. The largest absolute Gasteiger partial charge is 0.457 e. The van der Waals surface area contributed by atoms with Crippen LogP contribution in [0.4, 0.5) is 0 Å². The summed E-state index contributed by atoms with van der Waals surface area (Å²) >= 11 is 0. The van der Waals surface area contributed by atoms with Crippen molar-refractivity contribution in [3.8, 4) is 0 Å². The fraction of sp³-hybridized carbons (Fsp3) is 0.786. The van der Waals surface area contributed by atoms with Gasteiger partial charge in [0, 0.05) is 13.5 Å². The van der Waals surface area contributed by atoms with E-state index in [0.29, 0.717) is 0 Å². The summed E-state index contributed by atoms with van der Waals surface area (Å²) in [5.74, 6) is -0.369. The van der Waals surface area contributed by atoms with Gasteiger partial charge in [-0.15, -0.1) is 0 Å². The molecule has 2 heterocycles. The highest BCUT2D eigenvalue weighted by Gasteiger charge is 2.47. The molecule has 2 saturated heterocycles. The Balaban J connectivity index is 2.07. The molecule has 0 amide bonds. The third kappa shape index (κ3) is 2.45. The molecule has 0 saturated carbocycles. The zero-order valence-electron chi connectivity index (χ0n) is 11.7. The second-order valence-electron chi connectivity index (χ2n) is 5.56. The predicted molar refractivity (Wildman–Crippen MR) is 67.2 cm³/mol. The second-order valence-corrected chi connectivity index (χ2v) is 5.56. The molecule has 102 valence electrons. The zero-order chi connectivity index (χ0) is 13.5. The van der Waals surface area contributed by atoms with Crippen LogP contribution in [0.15, 0.2) is 11.6 Å². The van der Waals surface area contributed by atoms with Crippen LogP contribution in [0, 0.1) is 5.92 Å². The third-order valence-electron chi connectivity index (χ3n) is 4.14. The molecule has 2 aliphatic rings. The SMILES string of the molecule is COC1CC(/C(C)=C\[C@]2(C)O[C@@H]2C)OC(=O)C1C. The number of rotatable bonds is 3. The van der Waals surface area contributed by atoms with E-state index >= 15 is 0 Å². The van der Waals surface area contributed by atoms with Gasteiger partial charge in [0.15, 0.2) is 0 Å². The van der Waals surface area contributed by atoms with Gasteiger partial charge in [0.1, 0.15) is 11.7 Å². The lowest BCUT2D eigenvalue weighted by molar-refractivity contribution is -0.167. The van der Waals surface area contributed by atoms with Crippen LogP contribution in [-0.4, -0.2) is 37.0 Å². The quantitative estimate of drug-likeness (QED) is 0.439. The summed E-state index contributed by atoms with van der Waals surface area (Å²) in [5, 5.41) is 0. The number of hydrogen-bond acceptors (Lipinski definition) is 4. The second kappa shape index (κ2) is 4.67. The van der Waals surface area contributed by atoms with Crippen molar-refractivity contribution in [2.24, 2.45) is 5.92 Å². The molecule has 4 heteroatoms. The van der Waals surface area contributed by atoms with Crippen LogP contribution >= 0.6 is 0 Å². The number of hydrogen-bond donors (Lipinski definition) is 0. The van der Waals surface area contributed by atoms with Crippen LogP contribution in [0.5, 0.6) is 0 Å². The minimum atomic E-state index is -0.192. The number of methoxy groups -OCH3 is 1. The molecule has 2 rings (SSSR count). The number of carbonyl (C=O) groups excluding carboxylic acids is 1. The van der Waals surface area contributed by atoms with E-state index in [2.05, 4.69) is 6.08 Å². The highest BCUT2D eigenvalue weighted by atomic mass is 16.6. The summed E-state index contributed by atoms with van der Waals surface area (Å²) in [5.41, 5.74) is 0.853. The van der Waals surface area contributed by atoms with Gasteiger partial charge in [-0.3, -0.25) is 4.79 Å². The fourth-order valence-corrected chi connectivity index (χ4v) is 2.48. The molecule has 18 heavy (non-hydrogen) atoms. The van der Waals surface area contributed by atoms with Gasteiger partial charge in [0.05, 0.1) is 18.1 Å². The number of epoxide rings is 1. The van der Waals surface area contributed by atoms with Crippen molar-refractivity contribution < 1.29 is 19.0 Å². The smallest absolute Gasteiger partial charge is 0.311 e. The lowest BCUT2D eigenvalue weighted by Crippen LogP contribution is -2.41. The molecule has 0 spiro atoms. The molecular weight excluding hydrogens is 232 g/mol. The molecule has 3 unspecified atom stereocenters. The maximum atomic E-state index is 11.8. The third-order valence-corrected chi connectivity index (χ3v) is 4.14. The van der Waals surface area contributed by atoms with E-state index in [4.69, 9.17) is 14.2 Å². The molecule has 2 aliphatic heterocycles. The Morgan fingerprint density at radius 1 is 1.50 bits per heavy atom. The van der Waals surface area contributed by atoms with Crippen molar-refractivity contribution in [1.82, 2.24) is 0 Å². The Morgan fingerprint density at radius 3 is 2.61 bits per heavy atom. The first kappa shape index (κ1) is 13.6. The molecule has 4 nitrogen and oxygen atoms in total. The van der Waals surface area contributed by atoms with Gasteiger partial charge < -0.3 is 14.2 Å². The van der Waals surface area contributed by atoms with Crippen molar-refractivity contribution >= 4 is 5.97 Å². The Bertz CT molecular complexity index is 376. The number of ether oxygens (including phenoxy) is 3. The van der Waals surface area contributed by atoms with Gasteiger partial charge in [0.2, 0.25) is 0 Å². The van der Waals surface area contributed by atoms with Gasteiger partial charge in [0.25, 0.3) is 0 Å². The molecule has 2 fully saturated rings. The van der Waals surface area contributed by atoms with Gasteiger partial charge >= 0.3 is 5.97 Å². The minimum Gasteiger partial charge on any atom is -0.457 e. The Kier molecular flexibility index (Phi) is 3.52. The lowest BCUT2D eigenvalue weighted by Gasteiger charge is -2.33. The standard InChI is InChI=1S/C14H22O4/c1-8(7-14(4)10(3)18-14)11-6-12(16-5)9(2)13(15)17-11/h7,9-12H,6H2,1-5H3/b8-7-/t9?,10-,11?,12?,14+/m1/s1. The van der Waals surface area contributed by atoms with E-state index in [-0.39, 0.29) is 35.8 Å². The normalized spacial score (nSPS) is 44.7. The number of carbonyl (C=O) groups is 1. The maximum absolute atomic E-state index is 11.8. The molecule has 0 aliphatic carbocycles. The summed E-state index contributed by atoms with van der Waals surface area (Å²) in [4.78, 5) is 11.8. The molecule has 0 radical (unpaired) electrons. The maximum Gasteiger partial charge on any atom is 0.311 e. The van der Waals surface area contributed by atoms with Gasteiger partial charge in [-0.1, -0.05) is 0 Å². The molecular formula is C14H22O4. The minimum absolute atomic E-state index is 0.0649. The van der Waals surface area contributed by atoms with E-state index < -0.39 is 0 Å². The average Bonchev–Trinajstić information content (AvgIpc) is 2.89. The Morgan fingerprint density at radius 2 is 2.11 bits per heavy atom. The Labute approximate surface area is 108 Å². The molecule has 0 aromatic heterocycles. The summed E-state index contributed by atoms with van der Waals surface area (Å²) in [6.07, 6.45) is 2.77. The van der Waals surface area contributed by atoms with Crippen LogP contribution in [0.25, 0.3) is 0 Å². The van der Waals surface area contributed by atoms with Crippen LogP contribution in [-0.2, 0) is 19.0 Å². The van der Waals surface area contributed by atoms with Crippen molar-refractivity contribution in [3.05, 3.63) is 11.6 Å². The van der Waals surface area contributed by atoms with Gasteiger partial charge in [-0.05, 0) is 39.3 Å². The van der Waals surface area contributed by atoms with Gasteiger partial charge in [-0.25, -0.2) is 0 Å². The highest BCUT2D eigenvalue weighted by Crippen LogP contribution is 2.39. The highest BCUT2D eigenvalue weighted by molar-refractivity contribution is 5.74. The molecule has 0 bridgehead atoms. The molecule has 0 aromatic rings. The lowest BCUT2D eigenvalue weighted by atomic mass is 9.91. The van der Waals surface area contributed by atoms with Crippen molar-refractivity contribution in [1.29, 1.82) is 0 Å². The van der Waals surface area contributed by atoms with E-state index in [1.807, 2.05) is 27.7 Å². The first-order valence-corrected chi connectivity index (χ1v) is 6.48. The van der Waals surface area contributed by atoms with E-state index in [1.165, 1.54) is 0 Å². The van der Waals surface area contributed by atoms with Crippen molar-refractivity contribution in [2.45, 2.75) is 58.0 Å². The van der Waals surface area contributed by atoms with Crippen LogP contribution in [0.3, 0.4) is 0 Å². The number of cyclic esters (lactones) is 1. The summed E-state index contributed by atoms with van der Waals surface area (Å²) < 4.78 is 16.3. The summed E-state index contributed by atoms with van der Waals surface area (Å²) in [7, 11) is 1.64. The van der Waals surface area contributed by atoms with E-state index in [9.17, 15) is 4.79 Å². The van der Waals surface area contributed by atoms with Gasteiger partial charge in [-0.2, -0.15) is 0 Å². The Hall–Kier alpha value is -0.870. The fourth-order valence-electron chi connectivity index (χ4n) is 2.48. The predicted octanol–water partition coefficient (Wildman–Crippen LogP) is 2.08. The monoisotopic (exact) mass is 254 g/mol.